The molecule has 0 unspecified atom stereocenters. The molecule has 0 amide bonds. The number of sulfone groups is 1. The molecular weight excluding hydrogens is 322 g/mol. The third kappa shape index (κ3) is 5.38. The largest absolute Gasteiger partial charge is 0.370 e. The molecule has 5 nitrogen and oxygen atoms in total. The topological polar surface area (TPSA) is 84.5 Å². The van der Waals surface area contributed by atoms with Gasteiger partial charge in [-0.15, -0.1) is 0 Å². The van der Waals surface area contributed by atoms with Crippen LogP contribution < -0.4 is 11.1 Å². The van der Waals surface area contributed by atoms with Gasteiger partial charge in [0.05, 0.1) is 11.4 Å². The van der Waals surface area contributed by atoms with Gasteiger partial charge >= 0.3 is 0 Å². The van der Waals surface area contributed by atoms with Crippen LogP contribution in [-0.2, 0) is 22.8 Å². The van der Waals surface area contributed by atoms with E-state index in [0.29, 0.717) is 23.9 Å². The second-order valence-corrected chi connectivity index (χ2v) is 7.72. The standard InChI is InChI=1S/C18H23N3O2S/c1-14-12-16(8-9-17(14)24(2,22)23)13-21-18(19)20-11-10-15-6-4-3-5-7-15/h3-9,12H,10-11,13H2,1-2H3,(H3,19,20,21). The zero-order valence-electron chi connectivity index (χ0n) is 14.0. The zero-order chi connectivity index (χ0) is 17.6. The van der Waals surface area contributed by atoms with E-state index in [0.717, 1.165) is 17.5 Å². The molecule has 6 heteroatoms. The Bertz CT molecular complexity index is 815. The van der Waals surface area contributed by atoms with Crippen LogP contribution in [0.15, 0.2) is 58.4 Å². The van der Waals surface area contributed by atoms with E-state index >= 15 is 0 Å². The highest BCUT2D eigenvalue weighted by atomic mass is 32.2. The number of aliphatic imine (C=N–C) groups is 1. The molecule has 0 aliphatic rings. The van der Waals surface area contributed by atoms with Gasteiger partial charge in [-0.2, -0.15) is 0 Å². The van der Waals surface area contributed by atoms with E-state index in [1.54, 1.807) is 19.1 Å². The molecule has 0 saturated carbocycles. The zero-order valence-corrected chi connectivity index (χ0v) is 14.8. The molecule has 0 bridgehead atoms. The van der Waals surface area contributed by atoms with Gasteiger partial charge in [0.25, 0.3) is 0 Å². The van der Waals surface area contributed by atoms with Crippen molar-refractivity contribution in [2.45, 2.75) is 24.8 Å². The first kappa shape index (κ1) is 18.0. The Morgan fingerprint density at radius 3 is 2.46 bits per heavy atom. The molecule has 0 fully saturated rings. The lowest BCUT2D eigenvalue weighted by Crippen LogP contribution is -2.33. The summed E-state index contributed by atoms with van der Waals surface area (Å²) in [5.41, 5.74) is 8.75. The van der Waals surface area contributed by atoms with Crippen LogP contribution in [0.3, 0.4) is 0 Å². The van der Waals surface area contributed by atoms with E-state index in [4.69, 9.17) is 5.73 Å². The summed E-state index contributed by atoms with van der Waals surface area (Å²) in [5.74, 6) is 0.385. The third-order valence-electron chi connectivity index (χ3n) is 3.63. The molecule has 0 aliphatic heterocycles. The number of benzene rings is 2. The van der Waals surface area contributed by atoms with Crippen LogP contribution >= 0.6 is 0 Å². The molecule has 2 aromatic rings. The smallest absolute Gasteiger partial charge is 0.188 e. The van der Waals surface area contributed by atoms with Crippen molar-refractivity contribution in [3.63, 3.8) is 0 Å². The Morgan fingerprint density at radius 2 is 1.83 bits per heavy atom. The molecule has 0 saturated heterocycles. The van der Waals surface area contributed by atoms with E-state index in [2.05, 4.69) is 22.4 Å². The maximum Gasteiger partial charge on any atom is 0.188 e. The fourth-order valence-corrected chi connectivity index (χ4v) is 3.40. The number of hydrogen-bond acceptors (Lipinski definition) is 3. The van der Waals surface area contributed by atoms with E-state index in [9.17, 15) is 8.42 Å². The molecule has 3 N–H and O–H groups in total. The number of nitrogens with one attached hydrogen (secondary N) is 1. The van der Waals surface area contributed by atoms with Crippen molar-refractivity contribution in [1.82, 2.24) is 5.32 Å². The summed E-state index contributed by atoms with van der Waals surface area (Å²) < 4.78 is 23.2. The second kappa shape index (κ2) is 7.97. The SMILES string of the molecule is Cc1cc(CN=C(N)NCCc2ccccc2)ccc1S(C)(=O)=O. The number of nitrogens with zero attached hydrogens (tertiary/aromatic N) is 1. The van der Waals surface area contributed by atoms with Crippen molar-refractivity contribution in [1.29, 1.82) is 0 Å². The van der Waals surface area contributed by atoms with Gasteiger partial charge in [0.2, 0.25) is 0 Å². The van der Waals surface area contributed by atoms with Crippen LogP contribution in [0.5, 0.6) is 0 Å². The monoisotopic (exact) mass is 345 g/mol. The third-order valence-corrected chi connectivity index (χ3v) is 4.89. The summed E-state index contributed by atoms with van der Waals surface area (Å²) in [4.78, 5) is 4.64. The van der Waals surface area contributed by atoms with Crippen molar-refractivity contribution < 1.29 is 8.42 Å². The molecular formula is C18H23N3O2S. The number of nitrogens with two attached hydrogens (primary N) is 1. The average molecular weight is 345 g/mol. The molecule has 2 rings (SSSR count). The highest BCUT2D eigenvalue weighted by Crippen LogP contribution is 2.17. The first-order chi connectivity index (χ1) is 11.4. The highest BCUT2D eigenvalue weighted by Gasteiger charge is 2.10. The van der Waals surface area contributed by atoms with Gasteiger partial charge in [0.15, 0.2) is 15.8 Å². The van der Waals surface area contributed by atoms with Crippen molar-refractivity contribution >= 4 is 15.8 Å². The number of rotatable bonds is 6. The molecule has 2 aromatic carbocycles. The van der Waals surface area contributed by atoms with Crippen LogP contribution in [0.25, 0.3) is 0 Å². The van der Waals surface area contributed by atoms with Crippen LogP contribution in [0.4, 0.5) is 0 Å². The summed E-state index contributed by atoms with van der Waals surface area (Å²) >= 11 is 0. The van der Waals surface area contributed by atoms with E-state index in [1.165, 1.54) is 11.8 Å². The maximum absolute atomic E-state index is 11.6. The lowest BCUT2D eigenvalue weighted by molar-refractivity contribution is 0.601. The Balaban J connectivity index is 1.89. The first-order valence-corrected chi connectivity index (χ1v) is 9.63. The fraction of sp³-hybridized carbons (Fsp3) is 0.278. The summed E-state index contributed by atoms with van der Waals surface area (Å²) in [6.07, 6.45) is 2.08. The van der Waals surface area contributed by atoms with Gasteiger partial charge in [-0.05, 0) is 36.1 Å². The van der Waals surface area contributed by atoms with E-state index < -0.39 is 9.84 Å². The molecule has 0 aliphatic carbocycles. The fourth-order valence-electron chi connectivity index (χ4n) is 2.44. The van der Waals surface area contributed by atoms with Gasteiger partial charge in [-0.25, -0.2) is 13.4 Å². The van der Waals surface area contributed by atoms with Crippen LogP contribution in [0, 0.1) is 6.92 Å². The van der Waals surface area contributed by atoms with Gasteiger partial charge in [0, 0.05) is 12.8 Å². The lowest BCUT2D eigenvalue weighted by Gasteiger charge is -2.07. The minimum atomic E-state index is -3.19. The molecule has 0 heterocycles. The predicted octanol–water partition coefficient (Wildman–Crippen LogP) is 2.05. The Kier molecular flexibility index (Phi) is 5.98. The normalized spacial score (nSPS) is 12.2. The van der Waals surface area contributed by atoms with Crippen LogP contribution in [-0.4, -0.2) is 27.2 Å². The summed E-state index contributed by atoms with van der Waals surface area (Å²) in [5, 5.41) is 3.08. The lowest BCUT2D eigenvalue weighted by atomic mass is 10.1. The first-order valence-electron chi connectivity index (χ1n) is 7.73. The highest BCUT2D eigenvalue weighted by molar-refractivity contribution is 7.90. The number of hydrogen-bond donors (Lipinski definition) is 2. The minimum absolute atomic E-state index is 0.351. The minimum Gasteiger partial charge on any atom is -0.370 e. The molecule has 0 atom stereocenters. The van der Waals surface area contributed by atoms with Gasteiger partial charge in [-0.1, -0.05) is 42.5 Å². The Hall–Kier alpha value is -2.34. The van der Waals surface area contributed by atoms with Crippen molar-refractivity contribution in [3.8, 4) is 0 Å². The number of aryl methyl sites for hydroxylation is 1. The Morgan fingerprint density at radius 1 is 1.12 bits per heavy atom. The summed E-state index contributed by atoms with van der Waals surface area (Å²) in [6.45, 7) is 2.91. The average Bonchev–Trinajstić information content (AvgIpc) is 2.53. The summed E-state index contributed by atoms with van der Waals surface area (Å²) in [6, 6.07) is 15.4. The number of guanidine groups is 1. The molecule has 24 heavy (non-hydrogen) atoms. The molecule has 0 radical (unpaired) electrons. The summed E-state index contributed by atoms with van der Waals surface area (Å²) in [7, 11) is -3.19. The maximum atomic E-state index is 11.6. The van der Waals surface area contributed by atoms with Crippen molar-refractivity contribution in [3.05, 3.63) is 65.2 Å². The van der Waals surface area contributed by atoms with Gasteiger partial charge < -0.3 is 11.1 Å². The molecule has 0 spiro atoms. The predicted molar refractivity (Wildman–Crippen MR) is 97.8 cm³/mol. The van der Waals surface area contributed by atoms with Gasteiger partial charge in [0.1, 0.15) is 0 Å². The Labute approximate surface area is 143 Å². The molecule has 128 valence electrons. The van der Waals surface area contributed by atoms with Crippen LogP contribution in [0.1, 0.15) is 16.7 Å². The van der Waals surface area contributed by atoms with Crippen LogP contribution in [0.2, 0.25) is 0 Å². The second-order valence-electron chi connectivity index (χ2n) is 5.74. The van der Waals surface area contributed by atoms with Gasteiger partial charge in [-0.3, -0.25) is 0 Å². The quantitative estimate of drug-likeness (QED) is 0.620. The van der Waals surface area contributed by atoms with Crippen molar-refractivity contribution in [2.24, 2.45) is 10.7 Å². The van der Waals surface area contributed by atoms with E-state index in [1.807, 2.05) is 24.3 Å². The van der Waals surface area contributed by atoms with Crippen molar-refractivity contribution in [2.75, 3.05) is 12.8 Å². The molecule has 0 aromatic heterocycles. The van der Waals surface area contributed by atoms with E-state index in [-0.39, 0.29) is 0 Å².